The van der Waals surface area contributed by atoms with Crippen LogP contribution >= 0.6 is 7.60 Å². The van der Waals surface area contributed by atoms with Gasteiger partial charge in [-0.2, -0.15) is 0 Å². The van der Waals surface area contributed by atoms with Gasteiger partial charge < -0.3 is 19.8 Å². The lowest BCUT2D eigenvalue weighted by Crippen LogP contribution is -2.27. The van der Waals surface area contributed by atoms with Gasteiger partial charge in [0.25, 0.3) is 0 Å². The molecule has 6 nitrogen and oxygen atoms in total. The number of pyridine rings is 1. The van der Waals surface area contributed by atoms with Crippen LogP contribution in [0.4, 0.5) is 0 Å². The van der Waals surface area contributed by atoms with Crippen LogP contribution in [-0.2, 0) is 11.0 Å². The highest BCUT2D eigenvalue weighted by Gasteiger charge is 2.27. The maximum absolute atomic E-state index is 11.0. The van der Waals surface area contributed by atoms with Crippen molar-refractivity contribution in [3.8, 4) is 5.75 Å². The second kappa shape index (κ2) is 13.2. The first-order chi connectivity index (χ1) is 16.0. The Morgan fingerprint density at radius 1 is 1.06 bits per heavy atom. The van der Waals surface area contributed by atoms with Crippen LogP contribution in [0.15, 0.2) is 42.6 Å². The third kappa shape index (κ3) is 8.86. The molecule has 0 aliphatic heterocycles. The van der Waals surface area contributed by atoms with E-state index in [2.05, 4.69) is 35.6 Å². The molecule has 3 N–H and O–H groups in total. The monoisotopic (exact) mass is 474 g/mol. The SMILES string of the molecule is COc1cccc(CCCCCCC2CCC(CNCCCP(=O)(O)O)c3ncccc32)c1. The molecule has 1 aromatic carbocycles. The summed E-state index contributed by atoms with van der Waals surface area (Å²) in [5.74, 6) is 1.92. The number of hydrogen-bond acceptors (Lipinski definition) is 4. The smallest absolute Gasteiger partial charge is 0.325 e. The van der Waals surface area contributed by atoms with E-state index in [1.54, 1.807) is 7.11 Å². The summed E-state index contributed by atoms with van der Waals surface area (Å²) in [4.78, 5) is 22.7. The zero-order valence-corrected chi connectivity index (χ0v) is 20.7. The second-order valence-electron chi connectivity index (χ2n) is 9.20. The van der Waals surface area contributed by atoms with Gasteiger partial charge in [0.2, 0.25) is 0 Å². The molecule has 2 unspecified atom stereocenters. The Labute approximate surface area is 198 Å². The molecule has 0 spiro atoms. The minimum absolute atomic E-state index is 0.0544. The predicted molar refractivity (Wildman–Crippen MR) is 133 cm³/mol. The van der Waals surface area contributed by atoms with Gasteiger partial charge in [-0.1, -0.05) is 37.5 Å². The van der Waals surface area contributed by atoms with Gasteiger partial charge >= 0.3 is 7.60 Å². The third-order valence-corrected chi connectivity index (χ3v) is 7.56. The van der Waals surface area contributed by atoms with E-state index in [1.807, 2.05) is 12.3 Å². The van der Waals surface area contributed by atoms with Crippen LogP contribution in [0, 0.1) is 0 Å². The summed E-state index contributed by atoms with van der Waals surface area (Å²) < 4.78 is 16.3. The summed E-state index contributed by atoms with van der Waals surface area (Å²) in [6, 6.07) is 12.7. The van der Waals surface area contributed by atoms with E-state index < -0.39 is 7.60 Å². The van der Waals surface area contributed by atoms with E-state index in [9.17, 15) is 4.57 Å². The molecule has 0 amide bonds. The molecule has 2 atom stereocenters. The summed E-state index contributed by atoms with van der Waals surface area (Å²) in [5.41, 5.74) is 3.97. The number of nitrogens with one attached hydrogen (secondary N) is 1. The number of benzene rings is 1. The highest BCUT2D eigenvalue weighted by atomic mass is 31.2. The van der Waals surface area contributed by atoms with Gasteiger partial charge in [-0.25, -0.2) is 0 Å². The van der Waals surface area contributed by atoms with Crippen molar-refractivity contribution in [2.45, 2.75) is 69.6 Å². The van der Waals surface area contributed by atoms with Crippen molar-refractivity contribution in [3.05, 3.63) is 59.4 Å². The highest BCUT2D eigenvalue weighted by Crippen LogP contribution is 2.40. The van der Waals surface area contributed by atoms with Crippen molar-refractivity contribution in [2.75, 3.05) is 26.4 Å². The van der Waals surface area contributed by atoms with E-state index in [0.29, 0.717) is 24.8 Å². The lowest BCUT2D eigenvalue weighted by Gasteiger charge is -2.31. The normalized spacial score (nSPS) is 18.2. The van der Waals surface area contributed by atoms with Crippen molar-refractivity contribution in [1.82, 2.24) is 10.3 Å². The molecule has 0 fully saturated rings. The zero-order chi connectivity index (χ0) is 23.5. The molecule has 0 saturated heterocycles. The lowest BCUT2D eigenvalue weighted by atomic mass is 9.77. The molecule has 33 heavy (non-hydrogen) atoms. The average molecular weight is 475 g/mol. The van der Waals surface area contributed by atoms with Gasteiger partial charge in [0.05, 0.1) is 13.3 Å². The van der Waals surface area contributed by atoms with Crippen molar-refractivity contribution >= 4 is 7.60 Å². The van der Waals surface area contributed by atoms with E-state index >= 15 is 0 Å². The van der Waals surface area contributed by atoms with Crippen LogP contribution in [0.1, 0.15) is 80.0 Å². The first kappa shape index (κ1) is 25.9. The molecular formula is C26H39N2O4P. The fraction of sp³-hybridized carbons (Fsp3) is 0.577. The fourth-order valence-electron chi connectivity index (χ4n) is 4.90. The van der Waals surface area contributed by atoms with Crippen LogP contribution < -0.4 is 10.1 Å². The van der Waals surface area contributed by atoms with Crippen molar-refractivity contribution in [1.29, 1.82) is 0 Å². The quantitative estimate of drug-likeness (QED) is 0.251. The Bertz CT molecular complexity index is 901. The molecule has 0 bridgehead atoms. The molecule has 0 saturated carbocycles. The van der Waals surface area contributed by atoms with Crippen LogP contribution in [0.2, 0.25) is 0 Å². The number of rotatable bonds is 14. The first-order valence-electron chi connectivity index (χ1n) is 12.3. The van der Waals surface area contributed by atoms with Gasteiger partial charge in [-0.15, -0.1) is 0 Å². The summed E-state index contributed by atoms with van der Waals surface area (Å²) in [5, 5.41) is 3.38. The fourth-order valence-corrected chi connectivity index (χ4v) is 5.47. The number of nitrogens with zero attached hydrogens (tertiary/aromatic N) is 1. The molecule has 1 aliphatic rings. The van der Waals surface area contributed by atoms with Gasteiger partial charge in [0.1, 0.15) is 5.75 Å². The molecule has 1 heterocycles. The number of ether oxygens (including phenoxy) is 1. The van der Waals surface area contributed by atoms with Crippen LogP contribution in [0.5, 0.6) is 5.75 Å². The standard InChI is InChI=1S/C26H39N2O4P/c1-32-24-12-6-10-21(19-24)9-4-2-3-5-11-22-14-15-23(26-25(22)13-7-17-28-26)20-27-16-8-18-33(29,30)31/h6-7,10,12-13,17,19,22-23,27H,2-5,8-9,11,14-16,18,20H2,1H3,(H2,29,30,31). The van der Waals surface area contributed by atoms with Gasteiger partial charge in [0, 0.05) is 24.4 Å². The Morgan fingerprint density at radius 2 is 1.88 bits per heavy atom. The molecule has 3 rings (SSSR count). The Kier molecular flexibility index (Phi) is 10.4. The molecule has 7 heteroatoms. The largest absolute Gasteiger partial charge is 0.497 e. The molecule has 2 aromatic rings. The lowest BCUT2D eigenvalue weighted by molar-refractivity contribution is 0.370. The third-order valence-electron chi connectivity index (χ3n) is 6.66. The van der Waals surface area contributed by atoms with Crippen molar-refractivity contribution in [2.24, 2.45) is 0 Å². The van der Waals surface area contributed by atoms with Crippen LogP contribution in [0.3, 0.4) is 0 Å². The Balaban J connectivity index is 1.38. The summed E-state index contributed by atoms with van der Waals surface area (Å²) in [6.07, 6.45) is 12.0. The van der Waals surface area contributed by atoms with E-state index in [4.69, 9.17) is 19.5 Å². The average Bonchev–Trinajstić information content (AvgIpc) is 2.81. The Morgan fingerprint density at radius 3 is 2.70 bits per heavy atom. The minimum atomic E-state index is -3.89. The number of unbranched alkanes of at least 4 members (excludes halogenated alkanes) is 3. The number of hydrogen-bond donors (Lipinski definition) is 3. The van der Waals surface area contributed by atoms with Crippen LogP contribution in [0.25, 0.3) is 0 Å². The van der Waals surface area contributed by atoms with Gasteiger partial charge in [0.15, 0.2) is 0 Å². The van der Waals surface area contributed by atoms with Crippen molar-refractivity contribution in [3.63, 3.8) is 0 Å². The van der Waals surface area contributed by atoms with Gasteiger partial charge in [-0.05, 0) is 80.3 Å². The summed E-state index contributed by atoms with van der Waals surface area (Å²) >= 11 is 0. The number of methoxy groups -OCH3 is 1. The number of aromatic nitrogens is 1. The minimum Gasteiger partial charge on any atom is -0.497 e. The Hall–Kier alpha value is -1.72. The second-order valence-corrected chi connectivity index (χ2v) is 11.0. The van der Waals surface area contributed by atoms with Crippen molar-refractivity contribution < 1.29 is 19.1 Å². The molecule has 1 aromatic heterocycles. The first-order valence-corrected chi connectivity index (χ1v) is 14.1. The van der Waals surface area contributed by atoms with Crippen LogP contribution in [-0.4, -0.2) is 41.1 Å². The summed E-state index contributed by atoms with van der Waals surface area (Å²) in [7, 11) is -2.18. The highest BCUT2D eigenvalue weighted by molar-refractivity contribution is 7.51. The zero-order valence-electron chi connectivity index (χ0n) is 19.8. The van der Waals surface area contributed by atoms with E-state index in [1.165, 1.54) is 55.3 Å². The molecular weight excluding hydrogens is 435 g/mol. The maximum atomic E-state index is 11.0. The molecule has 182 valence electrons. The summed E-state index contributed by atoms with van der Waals surface area (Å²) in [6.45, 7) is 1.45. The maximum Gasteiger partial charge on any atom is 0.325 e. The number of fused-ring (bicyclic) bond motifs is 1. The number of aryl methyl sites for hydroxylation is 1. The molecule has 0 radical (unpaired) electrons. The van der Waals surface area contributed by atoms with Gasteiger partial charge in [-0.3, -0.25) is 9.55 Å². The van der Waals surface area contributed by atoms with E-state index in [-0.39, 0.29) is 6.16 Å². The molecule has 1 aliphatic carbocycles. The topological polar surface area (TPSA) is 91.7 Å². The predicted octanol–water partition coefficient (Wildman–Crippen LogP) is 5.40. The van der Waals surface area contributed by atoms with E-state index in [0.717, 1.165) is 25.1 Å².